The summed E-state index contributed by atoms with van der Waals surface area (Å²) in [5, 5.41) is 4.91. The molecule has 0 radical (unpaired) electrons. The second-order valence-electron chi connectivity index (χ2n) is 8.17. The zero-order chi connectivity index (χ0) is 17.2. The van der Waals surface area contributed by atoms with Crippen molar-refractivity contribution in [2.45, 2.75) is 52.5 Å². The fourth-order valence-corrected chi connectivity index (χ4v) is 3.68. The summed E-state index contributed by atoms with van der Waals surface area (Å²) in [5.41, 5.74) is 4.56. The smallest absolute Gasteiger partial charge is 0.0483 e. The Morgan fingerprint density at radius 3 is 2.50 bits per heavy atom. The molecule has 3 heteroatoms. The molecule has 3 nitrogen and oxygen atoms in total. The van der Waals surface area contributed by atoms with Gasteiger partial charge in [0, 0.05) is 56.4 Å². The van der Waals surface area contributed by atoms with Crippen molar-refractivity contribution in [2.24, 2.45) is 0 Å². The lowest BCUT2D eigenvalue weighted by atomic mass is 9.86. The van der Waals surface area contributed by atoms with Crippen molar-refractivity contribution in [1.82, 2.24) is 14.8 Å². The molecule has 1 N–H and O–H groups in total. The first-order chi connectivity index (χ1) is 11.5. The lowest BCUT2D eigenvalue weighted by Gasteiger charge is -2.27. The highest BCUT2D eigenvalue weighted by Crippen LogP contribution is 2.29. The molecule has 0 bridgehead atoms. The first kappa shape index (κ1) is 17.5. The van der Waals surface area contributed by atoms with Crippen LogP contribution in [-0.4, -0.2) is 42.2 Å². The van der Waals surface area contributed by atoms with Gasteiger partial charge in [-0.05, 0) is 41.5 Å². The number of benzene rings is 1. The van der Waals surface area contributed by atoms with Crippen molar-refractivity contribution in [3.63, 3.8) is 0 Å². The lowest BCUT2D eigenvalue weighted by molar-refractivity contribution is 0.244. The molecule has 0 saturated carbocycles. The van der Waals surface area contributed by atoms with E-state index in [-0.39, 0.29) is 5.41 Å². The highest BCUT2D eigenvalue weighted by molar-refractivity contribution is 5.85. The molecule has 0 spiro atoms. The molecular formula is C21H33N3. The second kappa shape index (κ2) is 7.28. The maximum atomic E-state index is 3.44. The SMILES string of the molecule is CCCn1cc(CCN2CCNCC2)c2cc(C(C)(C)C)ccc21. The molecule has 1 aliphatic heterocycles. The maximum absolute atomic E-state index is 3.44. The molecule has 0 amide bonds. The number of fused-ring (bicyclic) bond motifs is 1. The Labute approximate surface area is 147 Å². The molecule has 2 aromatic rings. The number of aryl methyl sites for hydroxylation is 1. The largest absolute Gasteiger partial charge is 0.347 e. The predicted octanol–water partition coefficient (Wildman–Crippen LogP) is 3.80. The first-order valence-corrected chi connectivity index (χ1v) is 9.54. The number of piperazine rings is 1. The molecule has 2 heterocycles. The topological polar surface area (TPSA) is 20.2 Å². The van der Waals surface area contributed by atoms with Gasteiger partial charge in [-0.3, -0.25) is 0 Å². The normalized spacial score (nSPS) is 16.8. The second-order valence-corrected chi connectivity index (χ2v) is 8.17. The quantitative estimate of drug-likeness (QED) is 0.901. The fraction of sp³-hybridized carbons (Fsp3) is 0.619. The third-order valence-corrected chi connectivity index (χ3v) is 5.20. The molecule has 1 saturated heterocycles. The van der Waals surface area contributed by atoms with Crippen LogP contribution >= 0.6 is 0 Å². The summed E-state index contributed by atoms with van der Waals surface area (Å²) in [7, 11) is 0. The van der Waals surface area contributed by atoms with Crippen LogP contribution in [0.1, 0.15) is 45.2 Å². The minimum Gasteiger partial charge on any atom is -0.347 e. The van der Waals surface area contributed by atoms with Crippen LogP contribution in [0.3, 0.4) is 0 Å². The third-order valence-electron chi connectivity index (χ3n) is 5.20. The summed E-state index contributed by atoms with van der Waals surface area (Å²) < 4.78 is 2.45. The summed E-state index contributed by atoms with van der Waals surface area (Å²) >= 11 is 0. The molecule has 3 rings (SSSR count). The Morgan fingerprint density at radius 2 is 1.83 bits per heavy atom. The monoisotopic (exact) mass is 327 g/mol. The van der Waals surface area contributed by atoms with E-state index >= 15 is 0 Å². The fourth-order valence-electron chi connectivity index (χ4n) is 3.68. The van der Waals surface area contributed by atoms with Crippen LogP contribution in [0.25, 0.3) is 10.9 Å². The van der Waals surface area contributed by atoms with Gasteiger partial charge in [0.1, 0.15) is 0 Å². The molecule has 24 heavy (non-hydrogen) atoms. The van der Waals surface area contributed by atoms with Gasteiger partial charge in [0.05, 0.1) is 0 Å². The average molecular weight is 328 g/mol. The van der Waals surface area contributed by atoms with Crippen LogP contribution in [0.15, 0.2) is 24.4 Å². The van der Waals surface area contributed by atoms with Gasteiger partial charge in [-0.25, -0.2) is 0 Å². The predicted molar refractivity (Wildman–Crippen MR) is 104 cm³/mol. The maximum Gasteiger partial charge on any atom is 0.0483 e. The Hall–Kier alpha value is -1.32. The van der Waals surface area contributed by atoms with Gasteiger partial charge in [0.25, 0.3) is 0 Å². The highest BCUT2D eigenvalue weighted by Gasteiger charge is 2.17. The number of aromatic nitrogens is 1. The van der Waals surface area contributed by atoms with Crippen LogP contribution in [0.5, 0.6) is 0 Å². The van der Waals surface area contributed by atoms with E-state index in [1.165, 1.54) is 48.1 Å². The van der Waals surface area contributed by atoms with Gasteiger partial charge in [0.15, 0.2) is 0 Å². The highest BCUT2D eigenvalue weighted by atomic mass is 15.2. The van der Waals surface area contributed by atoms with Crippen LogP contribution in [-0.2, 0) is 18.4 Å². The van der Waals surface area contributed by atoms with Crippen molar-refractivity contribution in [1.29, 1.82) is 0 Å². The Morgan fingerprint density at radius 1 is 1.08 bits per heavy atom. The Kier molecular flexibility index (Phi) is 5.31. The average Bonchev–Trinajstić information content (AvgIpc) is 2.91. The summed E-state index contributed by atoms with van der Waals surface area (Å²) in [6.07, 6.45) is 4.74. The standard InChI is InChI=1S/C21H33N3/c1-5-11-24-16-17(8-12-23-13-9-22-10-14-23)19-15-18(21(2,3)4)6-7-20(19)24/h6-7,15-16,22H,5,8-14H2,1-4H3. The Bertz CT molecular complexity index is 672. The molecule has 1 fully saturated rings. The molecule has 1 aromatic carbocycles. The van der Waals surface area contributed by atoms with E-state index < -0.39 is 0 Å². The van der Waals surface area contributed by atoms with Crippen LogP contribution in [0.2, 0.25) is 0 Å². The molecule has 0 atom stereocenters. The minimum absolute atomic E-state index is 0.205. The number of rotatable bonds is 5. The number of hydrogen-bond acceptors (Lipinski definition) is 2. The van der Waals surface area contributed by atoms with E-state index in [1.807, 2.05) is 0 Å². The summed E-state index contributed by atoms with van der Waals surface area (Å²) in [5.74, 6) is 0. The van der Waals surface area contributed by atoms with Crippen molar-refractivity contribution in [3.05, 3.63) is 35.5 Å². The first-order valence-electron chi connectivity index (χ1n) is 9.54. The van der Waals surface area contributed by atoms with Gasteiger partial charge in [-0.1, -0.05) is 33.8 Å². The third kappa shape index (κ3) is 3.84. The van der Waals surface area contributed by atoms with Crippen LogP contribution in [0, 0.1) is 0 Å². The van der Waals surface area contributed by atoms with E-state index in [4.69, 9.17) is 0 Å². The van der Waals surface area contributed by atoms with Gasteiger partial charge in [-0.15, -0.1) is 0 Å². The van der Waals surface area contributed by atoms with Gasteiger partial charge in [0.2, 0.25) is 0 Å². The molecular weight excluding hydrogens is 294 g/mol. The van der Waals surface area contributed by atoms with Gasteiger partial charge >= 0.3 is 0 Å². The van der Waals surface area contributed by atoms with E-state index in [2.05, 4.69) is 66.9 Å². The van der Waals surface area contributed by atoms with Crippen LogP contribution < -0.4 is 5.32 Å². The number of nitrogens with one attached hydrogen (secondary N) is 1. The van der Waals surface area contributed by atoms with Crippen LogP contribution in [0.4, 0.5) is 0 Å². The molecule has 0 aliphatic carbocycles. The number of nitrogens with zero attached hydrogens (tertiary/aromatic N) is 2. The summed E-state index contributed by atoms with van der Waals surface area (Å²) in [6.45, 7) is 16.1. The zero-order valence-corrected chi connectivity index (χ0v) is 15.9. The number of hydrogen-bond donors (Lipinski definition) is 1. The van der Waals surface area contributed by atoms with E-state index in [9.17, 15) is 0 Å². The summed E-state index contributed by atoms with van der Waals surface area (Å²) in [6, 6.07) is 7.09. The van der Waals surface area contributed by atoms with E-state index in [1.54, 1.807) is 0 Å². The van der Waals surface area contributed by atoms with Crippen molar-refractivity contribution < 1.29 is 0 Å². The Balaban J connectivity index is 1.89. The molecule has 1 aliphatic rings. The van der Waals surface area contributed by atoms with E-state index in [0.29, 0.717) is 0 Å². The van der Waals surface area contributed by atoms with Crippen molar-refractivity contribution >= 4 is 10.9 Å². The minimum atomic E-state index is 0.205. The zero-order valence-electron chi connectivity index (χ0n) is 15.9. The van der Waals surface area contributed by atoms with Crippen molar-refractivity contribution in [3.8, 4) is 0 Å². The molecule has 132 valence electrons. The van der Waals surface area contributed by atoms with Crippen molar-refractivity contribution in [2.75, 3.05) is 32.7 Å². The summed E-state index contributed by atoms with van der Waals surface area (Å²) in [4.78, 5) is 2.59. The van der Waals surface area contributed by atoms with Gasteiger partial charge < -0.3 is 14.8 Å². The molecule has 1 aromatic heterocycles. The lowest BCUT2D eigenvalue weighted by Crippen LogP contribution is -2.44. The molecule has 0 unspecified atom stereocenters. The van der Waals surface area contributed by atoms with Gasteiger partial charge in [-0.2, -0.15) is 0 Å². The van der Waals surface area contributed by atoms with E-state index in [0.717, 1.165) is 26.1 Å².